The van der Waals surface area contributed by atoms with Crippen LogP contribution in [0.4, 0.5) is 11.4 Å². The average Bonchev–Trinajstić information content (AvgIpc) is 2.52. The predicted octanol–water partition coefficient (Wildman–Crippen LogP) is 3.09. The molecule has 21 heavy (non-hydrogen) atoms. The molecule has 1 N–H and O–H groups in total. The molecule has 2 aromatic rings. The van der Waals surface area contributed by atoms with Crippen molar-refractivity contribution in [2.24, 2.45) is 0 Å². The molecule has 6 heteroatoms. The van der Waals surface area contributed by atoms with Crippen LogP contribution in [-0.2, 0) is 6.54 Å². The van der Waals surface area contributed by atoms with Crippen LogP contribution in [0.2, 0.25) is 0 Å². The number of benzene rings is 2. The summed E-state index contributed by atoms with van der Waals surface area (Å²) in [7, 11) is 1.40. The van der Waals surface area contributed by atoms with E-state index in [0.717, 1.165) is 5.56 Å². The molecule has 0 unspecified atom stereocenters. The normalized spacial score (nSPS) is 9.71. The number of nitrogens with one attached hydrogen (secondary N) is 1. The van der Waals surface area contributed by atoms with Gasteiger partial charge in [-0.15, -0.1) is 0 Å². The van der Waals surface area contributed by atoms with Gasteiger partial charge in [-0.3, -0.25) is 10.1 Å². The van der Waals surface area contributed by atoms with Crippen molar-refractivity contribution in [3.8, 4) is 11.8 Å². The van der Waals surface area contributed by atoms with Gasteiger partial charge >= 0.3 is 5.69 Å². The third-order valence-corrected chi connectivity index (χ3v) is 2.97. The van der Waals surface area contributed by atoms with Crippen LogP contribution in [0.5, 0.6) is 5.75 Å². The Kier molecular flexibility index (Phi) is 4.36. The van der Waals surface area contributed by atoms with E-state index < -0.39 is 4.92 Å². The van der Waals surface area contributed by atoms with E-state index in [-0.39, 0.29) is 11.4 Å². The van der Waals surface area contributed by atoms with E-state index in [1.54, 1.807) is 42.5 Å². The van der Waals surface area contributed by atoms with Crippen LogP contribution in [0, 0.1) is 21.4 Å². The van der Waals surface area contributed by atoms with E-state index in [0.29, 0.717) is 17.8 Å². The number of nitro groups is 1. The van der Waals surface area contributed by atoms with Crippen molar-refractivity contribution < 1.29 is 9.66 Å². The summed E-state index contributed by atoms with van der Waals surface area (Å²) >= 11 is 0. The second-order valence-electron chi connectivity index (χ2n) is 4.28. The fourth-order valence-electron chi connectivity index (χ4n) is 1.91. The van der Waals surface area contributed by atoms with Crippen molar-refractivity contribution in [2.75, 3.05) is 12.4 Å². The van der Waals surface area contributed by atoms with Gasteiger partial charge < -0.3 is 10.1 Å². The van der Waals surface area contributed by atoms with Crippen molar-refractivity contribution in [1.82, 2.24) is 0 Å². The first-order valence-electron chi connectivity index (χ1n) is 6.20. The lowest BCUT2D eigenvalue weighted by Crippen LogP contribution is -2.04. The van der Waals surface area contributed by atoms with Crippen LogP contribution in [0.1, 0.15) is 11.1 Å². The predicted molar refractivity (Wildman–Crippen MR) is 78.1 cm³/mol. The summed E-state index contributed by atoms with van der Waals surface area (Å²) in [4.78, 5) is 10.7. The van der Waals surface area contributed by atoms with Gasteiger partial charge in [-0.2, -0.15) is 5.26 Å². The molecule has 106 valence electrons. The van der Waals surface area contributed by atoms with Gasteiger partial charge in [-0.05, 0) is 29.8 Å². The molecule has 0 aromatic heterocycles. The van der Waals surface area contributed by atoms with E-state index in [2.05, 4.69) is 5.32 Å². The number of nitrogens with zero attached hydrogens (tertiary/aromatic N) is 2. The monoisotopic (exact) mass is 283 g/mol. The Bertz CT molecular complexity index is 690. The summed E-state index contributed by atoms with van der Waals surface area (Å²) < 4.78 is 5.01. The molecule has 0 atom stereocenters. The van der Waals surface area contributed by atoms with Crippen molar-refractivity contribution in [3.05, 3.63) is 63.7 Å². The second-order valence-corrected chi connectivity index (χ2v) is 4.28. The number of nitriles is 1. The fraction of sp³-hybridized carbons (Fsp3) is 0.133. The van der Waals surface area contributed by atoms with Gasteiger partial charge in [0.15, 0.2) is 5.75 Å². The quantitative estimate of drug-likeness (QED) is 0.673. The lowest BCUT2D eigenvalue weighted by atomic mass is 10.1. The van der Waals surface area contributed by atoms with Crippen LogP contribution in [0.15, 0.2) is 42.5 Å². The SMILES string of the molecule is COc1cccc(NCc2ccc(C#N)cc2)c1[N+](=O)[O-]. The van der Waals surface area contributed by atoms with E-state index >= 15 is 0 Å². The lowest BCUT2D eigenvalue weighted by molar-refractivity contribution is -0.384. The van der Waals surface area contributed by atoms with Crippen LogP contribution in [0.25, 0.3) is 0 Å². The van der Waals surface area contributed by atoms with Gasteiger partial charge in [-0.25, -0.2) is 0 Å². The molecule has 0 saturated heterocycles. The third kappa shape index (κ3) is 3.28. The van der Waals surface area contributed by atoms with Gasteiger partial charge in [0.2, 0.25) is 0 Å². The summed E-state index contributed by atoms with van der Waals surface area (Å²) in [5, 5.41) is 22.9. The molecule has 2 rings (SSSR count). The summed E-state index contributed by atoms with van der Waals surface area (Å²) in [5.41, 5.74) is 1.80. The maximum atomic E-state index is 11.1. The first-order valence-corrected chi connectivity index (χ1v) is 6.20. The standard InChI is InChI=1S/C15H13N3O3/c1-21-14-4-2-3-13(15(14)18(19)20)17-10-12-7-5-11(9-16)6-8-12/h2-8,17H,10H2,1H3. The zero-order valence-corrected chi connectivity index (χ0v) is 11.4. The van der Waals surface area contributed by atoms with Gasteiger partial charge in [0.25, 0.3) is 0 Å². The number of ether oxygens (including phenoxy) is 1. The smallest absolute Gasteiger partial charge is 0.333 e. The summed E-state index contributed by atoms with van der Waals surface area (Å²) in [5.74, 6) is 0.213. The average molecular weight is 283 g/mol. The van der Waals surface area contributed by atoms with Crippen molar-refractivity contribution in [1.29, 1.82) is 5.26 Å². The third-order valence-electron chi connectivity index (χ3n) is 2.97. The minimum absolute atomic E-state index is 0.0892. The first kappa shape index (κ1) is 14.3. The highest BCUT2D eigenvalue weighted by Crippen LogP contribution is 2.34. The molecule has 0 aliphatic carbocycles. The zero-order chi connectivity index (χ0) is 15.2. The Morgan fingerprint density at radius 2 is 2.00 bits per heavy atom. The van der Waals surface area contributed by atoms with E-state index in [4.69, 9.17) is 10.00 Å². The topological polar surface area (TPSA) is 88.2 Å². The Morgan fingerprint density at radius 1 is 1.29 bits per heavy atom. The van der Waals surface area contributed by atoms with Gasteiger partial charge in [0, 0.05) is 6.54 Å². The molecule has 0 radical (unpaired) electrons. The summed E-state index contributed by atoms with van der Waals surface area (Å²) in [6, 6.07) is 13.9. The molecule has 0 spiro atoms. The minimum Gasteiger partial charge on any atom is -0.490 e. The molecule has 0 amide bonds. The van der Waals surface area contributed by atoms with Gasteiger partial charge in [0.05, 0.1) is 23.7 Å². The van der Waals surface area contributed by atoms with Crippen LogP contribution in [0.3, 0.4) is 0 Å². The number of hydrogen-bond acceptors (Lipinski definition) is 5. The molecule has 2 aromatic carbocycles. The number of nitro benzene ring substituents is 1. The van der Waals surface area contributed by atoms with E-state index in [9.17, 15) is 10.1 Å². The molecule has 0 fully saturated rings. The first-order chi connectivity index (χ1) is 10.2. The zero-order valence-electron chi connectivity index (χ0n) is 11.4. The van der Waals surface area contributed by atoms with Crippen LogP contribution in [-0.4, -0.2) is 12.0 Å². The Balaban J connectivity index is 2.19. The van der Waals surface area contributed by atoms with Gasteiger partial charge in [-0.1, -0.05) is 18.2 Å². The highest BCUT2D eigenvalue weighted by Gasteiger charge is 2.19. The number of anilines is 1. The van der Waals surface area contributed by atoms with E-state index in [1.165, 1.54) is 7.11 Å². The molecule has 6 nitrogen and oxygen atoms in total. The molecular weight excluding hydrogens is 270 g/mol. The number of methoxy groups -OCH3 is 1. The number of hydrogen-bond donors (Lipinski definition) is 1. The second kappa shape index (κ2) is 6.39. The Hall–Kier alpha value is -3.07. The molecule has 0 aliphatic heterocycles. The summed E-state index contributed by atoms with van der Waals surface area (Å²) in [6.45, 7) is 0.416. The largest absolute Gasteiger partial charge is 0.490 e. The maximum Gasteiger partial charge on any atom is 0.333 e. The molecule has 0 heterocycles. The Labute approximate surface area is 121 Å². The molecule has 0 saturated carbocycles. The van der Waals surface area contributed by atoms with Crippen molar-refractivity contribution in [3.63, 3.8) is 0 Å². The molecule has 0 bridgehead atoms. The van der Waals surface area contributed by atoms with Crippen molar-refractivity contribution in [2.45, 2.75) is 6.54 Å². The maximum absolute atomic E-state index is 11.1. The van der Waals surface area contributed by atoms with Crippen LogP contribution >= 0.6 is 0 Å². The number of para-hydroxylation sites is 1. The number of rotatable bonds is 5. The van der Waals surface area contributed by atoms with Gasteiger partial charge in [0.1, 0.15) is 5.69 Å². The Morgan fingerprint density at radius 3 is 2.57 bits per heavy atom. The van der Waals surface area contributed by atoms with Crippen LogP contribution < -0.4 is 10.1 Å². The summed E-state index contributed by atoms with van der Waals surface area (Å²) in [6.07, 6.45) is 0. The fourth-order valence-corrected chi connectivity index (χ4v) is 1.91. The lowest BCUT2D eigenvalue weighted by Gasteiger charge is -2.09. The highest BCUT2D eigenvalue weighted by atomic mass is 16.6. The molecule has 0 aliphatic rings. The van der Waals surface area contributed by atoms with E-state index in [1.807, 2.05) is 6.07 Å². The van der Waals surface area contributed by atoms with Crippen molar-refractivity contribution >= 4 is 11.4 Å². The minimum atomic E-state index is -0.472. The molecular formula is C15H13N3O3. The highest BCUT2D eigenvalue weighted by molar-refractivity contribution is 5.68.